The Morgan fingerprint density at radius 3 is 2.52 bits per heavy atom. The number of ether oxygens (including phenoxy) is 2. The van der Waals surface area contributed by atoms with E-state index in [0.29, 0.717) is 12.1 Å². The molecule has 1 aliphatic rings. The van der Waals surface area contributed by atoms with E-state index in [-0.39, 0.29) is 17.6 Å². The van der Waals surface area contributed by atoms with Crippen molar-refractivity contribution in [3.8, 4) is 11.5 Å². The number of aliphatic hydroxyl groups is 1. The van der Waals surface area contributed by atoms with E-state index in [0.717, 1.165) is 25.9 Å². The van der Waals surface area contributed by atoms with Crippen molar-refractivity contribution in [1.82, 2.24) is 4.90 Å². The lowest BCUT2D eigenvalue weighted by molar-refractivity contribution is 0.124. The Kier molecular flexibility index (Phi) is 6.21. The molecular weight excluding hydrogens is 299 g/mol. The van der Waals surface area contributed by atoms with Crippen LogP contribution in [0.4, 0.5) is 4.39 Å². The van der Waals surface area contributed by atoms with Crippen molar-refractivity contribution in [2.45, 2.75) is 44.9 Å². The van der Waals surface area contributed by atoms with Gasteiger partial charge in [-0.2, -0.15) is 0 Å². The van der Waals surface area contributed by atoms with Crippen LogP contribution in [0.5, 0.6) is 11.5 Å². The summed E-state index contributed by atoms with van der Waals surface area (Å²) in [5.74, 6) is -0.229. The van der Waals surface area contributed by atoms with Crippen LogP contribution in [0.2, 0.25) is 0 Å². The van der Waals surface area contributed by atoms with Gasteiger partial charge < -0.3 is 25.2 Å². The Morgan fingerprint density at radius 1 is 1.30 bits per heavy atom. The van der Waals surface area contributed by atoms with Crippen molar-refractivity contribution in [1.29, 1.82) is 0 Å². The van der Waals surface area contributed by atoms with Crippen molar-refractivity contribution in [3.63, 3.8) is 0 Å². The van der Waals surface area contributed by atoms with E-state index < -0.39 is 18.0 Å². The SMILES string of the molecule is COc1cc(C(O)C(N)CN2CCCC2)cc(F)c1OC(C)C. The van der Waals surface area contributed by atoms with Crippen molar-refractivity contribution in [2.24, 2.45) is 5.73 Å². The fourth-order valence-electron chi connectivity index (χ4n) is 2.87. The molecule has 1 aromatic carbocycles. The number of aliphatic hydroxyl groups excluding tert-OH is 1. The molecule has 1 aliphatic heterocycles. The Labute approximate surface area is 137 Å². The number of nitrogens with two attached hydrogens (primary N) is 1. The van der Waals surface area contributed by atoms with Crippen LogP contribution in [-0.4, -0.2) is 48.9 Å². The van der Waals surface area contributed by atoms with Gasteiger partial charge >= 0.3 is 0 Å². The molecule has 0 aliphatic carbocycles. The van der Waals surface area contributed by atoms with Crippen molar-refractivity contribution >= 4 is 0 Å². The third-order valence-corrected chi connectivity index (χ3v) is 4.02. The second kappa shape index (κ2) is 7.95. The first-order chi connectivity index (χ1) is 10.9. The van der Waals surface area contributed by atoms with Gasteiger partial charge in [0.1, 0.15) is 0 Å². The summed E-state index contributed by atoms with van der Waals surface area (Å²) in [4.78, 5) is 2.22. The fourth-order valence-corrected chi connectivity index (χ4v) is 2.87. The standard InChI is InChI=1S/C17H27FN2O3/c1-11(2)23-17-13(18)8-12(9-15(17)22-3)16(21)14(19)10-20-6-4-5-7-20/h8-9,11,14,16,21H,4-7,10,19H2,1-3H3. The molecule has 0 bridgehead atoms. The van der Waals surface area contributed by atoms with E-state index in [4.69, 9.17) is 15.2 Å². The summed E-state index contributed by atoms with van der Waals surface area (Å²) in [7, 11) is 1.45. The minimum absolute atomic E-state index is 0.0616. The maximum atomic E-state index is 14.3. The third kappa shape index (κ3) is 4.56. The summed E-state index contributed by atoms with van der Waals surface area (Å²) in [5.41, 5.74) is 6.51. The quantitative estimate of drug-likeness (QED) is 0.803. The molecule has 2 rings (SSSR count). The lowest BCUT2D eigenvalue weighted by Gasteiger charge is -2.25. The predicted octanol–water partition coefficient (Wildman–Crippen LogP) is 2.08. The highest BCUT2D eigenvalue weighted by Crippen LogP contribution is 2.35. The highest BCUT2D eigenvalue weighted by Gasteiger charge is 2.24. The number of benzene rings is 1. The number of methoxy groups -OCH3 is 1. The van der Waals surface area contributed by atoms with Gasteiger partial charge in [0.25, 0.3) is 0 Å². The van der Waals surface area contributed by atoms with Crippen LogP contribution >= 0.6 is 0 Å². The molecule has 23 heavy (non-hydrogen) atoms. The summed E-state index contributed by atoms with van der Waals surface area (Å²) in [6, 6.07) is 2.39. The van der Waals surface area contributed by atoms with Crippen molar-refractivity contribution in [3.05, 3.63) is 23.5 Å². The molecular formula is C17H27FN2O3. The van der Waals surface area contributed by atoms with Crippen LogP contribution in [-0.2, 0) is 0 Å². The minimum Gasteiger partial charge on any atom is -0.493 e. The molecule has 5 nitrogen and oxygen atoms in total. The maximum Gasteiger partial charge on any atom is 0.197 e. The zero-order valence-electron chi connectivity index (χ0n) is 14.1. The number of rotatable bonds is 7. The lowest BCUT2D eigenvalue weighted by atomic mass is 10.0. The van der Waals surface area contributed by atoms with E-state index in [1.807, 2.05) is 13.8 Å². The molecule has 0 aromatic heterocycles. The van der Waals surface area contributed by atoms with Gasteiger partial charge in [-0.25, -0.2) is 4.39 Å². The molecule has 6 heteroatoms. The number of hydrogen-bond donors (Lipinski definition) is 2. The van der Waals surface area contributed by atoms with Gasteiger partial charge in [0.2, 0.25) is 0 Å². The van der Waals surface area contributed by atoms with Gasteiger partial charge in [0, 0.05) is 12.6 Å². The molecule has 0 amide bonds. The Hall–Kier alpha value is -1.37. The lowest BCUT2D eigenvalue weighted by Crippen LogP contribution is -2.40. The monoisotopic (exact) mass is 326 g/mol. The average Bonchev–Trinajstić information content (AvgIpc) is 3.00. The molecule has 0 radical (unpaired) electrons. The van der Waals surface area contributed by atoms with Gasteiger partial charge in [-0.1, -0.05) is 0 Å². The van der Waals surface area contributed by atoms with Crippen LogP contribution in [0.1, 0.15) is 38.4 Å². The molecule has 0 saturated carbocycles. The third-order valence-electron chi connectivity index (χ3n) is 4.02. The van der Waals surface area contributed by atoms with Crippen LogP contribution < -0.4 is 15.2 Å². The maximum absolute atomic E-state index is 14.3. The second-order valence-electron chi connectivity index (χ2n) is 6.32. The van der Waals surface area contributed by atoms with Crippen LogP contribution in [0.15, 0.2) is 12.1 Å². The van der Waals surface area contributed by atoms with E-state index in [9.17, 15) is 9.50 Å². The average molecular weight is 326 g/mol. The van der Waals surface area contributed by atoms with Crippen LogP contribution in [0.25, 0.3) is 0 Å². The number of nitrogens with zero attached hydrogens (tertiary/aromatic N) is 1. The summed E-state index contributed by atoms with van der Waals surface area (Å²) in [6.07, 6.45) is 1.19. The Bertz CT molecular complexity index is 519. The van der Waals surface area contributed by atoms with Crippen molar-refractivity contribution < 1.29 is 19.0 Å². The van der Waals surface area contributed by atoms with E-state index in [1.165, 1.54) is 13.2 Å². The topological polar surface area (TPSA) is 68.0 Å². The Morgan fingerprint density at radius 2 is 1.96 bits per heavy atom. The van der Waals surface area contributed by atoms with Gasteiger partial charge in [-0.15, -0.1) is 0 Å². The molecule has 3 N–H and O–H groups in total. The van der Waals surface area contributed by atoms with Crippen molar-refractivity contribution in [2.75, 3.05) is 26.7 Å². The smallest absolute Gasteiger partial charge is 0.197 e. The molecule has 1 fully saturated rings. The van der Waals surface area contributed by atoms with Gasteiger partial charge in [0.05, 0.1) is 19.3 Å². The zero-order valence-corrected chi connectivity index (χ0v) is 14.1. The summed E-state index contributed by atoms with van der Waals surface area (Å²) in [6.45, 7) is 6.22. The van der Waals surface area contributed by atoms with E-state index in [2.05, 4.69) is 4.90 Å². The molecule has 0 spiro atoms. The number of likely N-dealkylation sites (tertiary alicyclic amines) is 1. The van der Waals surface area contributed by atoms with E-state index in [1.54, 1.807) is 6.07 Å². The van der Waals surface area contributed by atoms with Gasteiger partial charge in [0.15, 0.2) is 17.3 Å². The summed E-state index contributed by atoms with van der Waals surface area (Å²) >= 11 is 0. The zero-order chi connectivity index (χ0) is 17.0. The summed E-state index contributed by atoms with van der Waals surface area (Å²) in [5, 5.41) is 10.5. The van der Waals surface area contributed by atoms with E-state index >= 15 is 0 Å². The minimum atomic E-state index is -0.952. The number of hydrogen-bond acceptors (Lipinski definition) is 5. The Balaban J connectivity index is 2.15. The molecule has 2 unspecified atom stereocenters. The molecule has 1 heterocycles. The molecule has 1 aromatic rings. The van der Waals surface area contributed by atoms with Gasteiger partial charge in [-0.05, 0) is 57.5 Å². The predicted molar refractivity (Wildman–Crippen MR) is 87.3 cm³/mol. The van der Waals surface area contributed by atoms with Gasteiger partial charge in [-0.3, -0.25) is 0 Å². The normalized spacial score (nSPS) is 18.2. The molecule has 1 saturated heterocycles. The first-order valence-corrected chi connectivity index (χ1v) is 8.12. The van der Waals surface area contributed by atoms with Crippen LogP contribution in [0.3, 0.4) is 0 Å². The second-order valence-corrected chi connectivity index (χ2v) is 6.32. The number of halogens is 1. The highest BCUT2D eigenvalue weighted by molar-refractivity contribution is 5.45. The molecule has 130 valence electrons. The molecule has 2 atom stereocenters. The van der Waals surface area contributed by atoms with Crippen LogP contribution in [0, 0.1) is 5.82 Å². The highest BCUT2D eigenvalue weighted by atomic mass is 19.1. The summed E-state index contributed by atoms with van der Waals surface area (Å²) < 4.78 is 25.0. The largest absolute Gasteiger partial charge is 0.493 e. The first-order valence-electron chi connectivity index (χ1n) is 8.12. The fraction of sp³-hybridized carbons (Fsp3) is 0.647. The first kappa shape index (κ1) is 18.0.